The lowest BCUT2D eigenvalue weighted by Crippen LogP contribution is -2.01. The monoisotopic (exact) mass is 264 g/mol. The summed E-state index contributed by atoms with van der Waals surface area (Å²) in [6.07, 6.45) is 0. The van der Waals surface area contributed by atoms with E-state index in [2.05, 4.69) is 10.3 Å². The second-order valence-corrected chi connectivity index (χ2v) is 4.68. The second kappa shape index (κ2) is 5.73. The van der Waals surface area contributed by atoms with Gasteiger partial charge in [0.15, 0.2) is 5.13 Å². The van der Waals surface area contributed by atoms with Gasteiger partial charge in [-0.1, -0.05) is 0 Å². The topological polar surface area (TPSA) is 43.4 Å². The summed E-state index contributed by atoms with van der Waals surface area (Å²) in [4.78, 5) is 4.36. The average molecular weight is 264 g/mol. The van der Waals surface area contributed by atoms with E-state index in [1.165, 1.54) is 0 Å². The molecule has 0 atom stereocenters. The lowest BCUT2D eigenvalue weighted by Gasteiger charge is -2.10. The van der Waals surface area contributed by atoms with Crippen LogP contribution in [0.4, 0.5) is 5.13 Å². The van der Waals surface area contributed by atoms with Gasteiger partial charge in [-0.3, -0.25) is 0 Å². The van der Waals surface area contributed by atoms with Gasteiger partial charge in [-0.2, -0.15) is 0 Å². The van der Waals surface area contributed by atoms with Gasteiger partial charge in [0.2, 0.25) is 0 Å². The van der Waals surface area contributed by atoms with E-state index in [1.807, 2.05) is 30.5 Å². The predicted molar refractivity (Wildman–Crippen MR) is 73.7 cm³/mol. The molecule has 1 aromatic carbocycles. The molecule has 0 saturated heterocycles. The SMILES string of the molecule is COc1ccc(CNc2nc(C)cs2)c(OC)c1. The van der Waals surface area contributed by atoms with Gasteiger partial charge >= 0.3 is 0 Å². The highest BCUT2D eigenvalue weighted by Crippen LogP contribution is 2.25. The Morgan fingerprint density at radius 1 is 1.28 bits per heavy atom. The van der Waals surface area contributed by atoms with E-state index < -0.39 is 0 Å². The number of thiazole rings is 1. The Balaban J connectivity index is 2.08. The molecule has 0 fully saturated rings. The molecule has 0 spiro atoms. The van der Waals surface area contributed by atoms with Crippen LogP contribution in [0, 0.1) is 6.92 Å². The first kappa shape index (κ1) is 12.7. The molecule has 0 aliphatic rings. The summed E-state index contributed by atoms with van der Waals surface area (Å²) in [5, 5.41) is 6.22. The van der Waals surface area contributed by atoms with E-state index >= 15 is 0 Å². The molecule has 1 heterocycles. The molecule has 1 N–H and O–H groups in total. The first-order chi connectivity index (χ1) is 8.72. The zero-order valence-electron chi connectivity index (χ0n) is 10.7. The van der Waals surface area contributed by atoms with Crippen molar-refractivity contribution < 1.29 is 9.47 Å². The van der Waals surface area contributed by atoms with Crippen molar-refractivity contribution in [1.82, 2.24) is 4.98 Å². The maximum Gasteiger partial charge on any atom is 0.183 e. The van der Waals surface area contributed by atoms with Crippen LogP contribution < -0.4 is 14.8 Å². The van der Waals surface area contributed by atoms with Crippen molar-refractivity contribution in [1.29, 1.82) is 0 Å². The average Bonchev–Trinajstić information content (AvgIpc) is 2.82. The molecule has 5 heteroatoms. The highest BCUT2D eigenvalue weighted by atomic mass is 32.1. The molecule has 2 rings (SSSR count). The third kappa shape index (κ3) is 2.92. The van der Waals surface area contributed by atoms with Gasteiger partial charge in [-0.05, 0) is 19.1 Å². The summed E-state index contributed by atoms with van der Waals surface area (Å²) in [6, 6.07) is 5.79. The molecule has 1 aromatic heterocycles. The molecule has 0 bridgehead atoms. The number of aromatic nitrogens is 1. The number of anilines is 1. The minimum Gasteiger partial charge on any atom is -0.497 e. The third-order valence-corrected chi connectivity index (χ3v) is 3.46. The third-order valence-electron chi connectivity index (χ3n) is 2.54. The molecule has 0 radical (unpaired) electrons. The summed E-state index contributed by atoms with van der Waals surface area (Å²) in [7, 11) is 3.30. The lowest BCUT2D eigenvalue weighted by molar-refractivity contribution is 0.391. The number of methoxy groups -OCH3 is 2. The molecule has 0 aliphatic heterocycles. The fourth-order valence-corrected chi connectivity index (χ4v) is 2.29. The van der Waals surface area contributed by atoms with Crippen LogP contribution in [0.1, 0.15) is 11.3 Å². The van der Waals surface area contributed by atoms with Gasteiger partial charge in [-0.15, -0.1) is 11.3 Å². The highest BCUT2D eigenvalue weighted by molar-refractivity contribution is 7.13. The summed E-state index contributed by atoms with van der Waals surface area (Å²) < 4.78 is 10.5. The number of rotatable bonds is 5. The molecule has 0 amide bonds. The number of aryl methyl sites for hydroxylation is 1. The van der Waals surface area contributed by atoms with Crippen molar-refractivity contribution in [2.45, 2.75) is 13.5 Å². The fourth-order valence-electron chi connectivity index (χ4n) is 1.60. The molecule has 0 saturated carbocycles. The maximum absolute atomic E-state index is 5.34. The molecule has 2 aromatic rings. The van der Waals surface area contributed by atoms with Gasteiger partial charge in [0, 0.05) is 23.6 Å². The Kier molecular flexibility index (Phi) is 4.04. The molecular weight excluding hydrogens is 248 g/mol. The first-order valence-electron chi connectivity index (χ1n) is 5.60. The van der Waals surface area contributed by atoms with E-state index in [4.69, 9.17) is 9.47 Å². The Bertz CT molecular complexity index is 525. The van der Waals surface area contributed by atoms with Crippen LogP contribution in [-0.2, 0) is 6.54 Å². The number of ether oxygens (including phenoxy) is 2. The highest BCUT2D eigenvalue weighted by Gasteiger charge is 2.05. The maximum atomic E-state index is 5.34. The van der Waals surface area contributed by atoms with E-state index in [0.717, 1.165) is 27.9 Å². The molecule has 0 unspecified atom stereocenters. The fraction of sp³-hybridized carbons (Fsp3) is 0.308. The number of nitrogens with one attached hydrogen (secondary N) is 1. The largest absolute Gasteiger partial charge is 0.497 e. The summed E-state index contributed by atoms with van der Waals surface area (Å²) in [6.45, 7) is 2.66. The van der Waals surface area contributed by atoms with Crippen molar-refractivity contribution in [3.63, 3.8) is 0 Å². The van der Waals surface area contributed by atoms with Gasteiger partial charge in [0.1, 0.15) is 11.5 Å². The van der Waals surface area contributed by atoms with E-state index in [1.54, 1.807) is 25.6 Å². The Morgan fingerprint density at radius 2 is 2.11 bits per heavy atom. The van der Waals surface area contributed by atoms with Gasteiger partial charge in [-0.25, -0.2) is 4.98 Å². The van der Waals surface area contributed by atoms with Gasteiger partial charge in [0.25, 0.3) is 0 Å². The summed E-state index contributed by atoms with van der Waals surface area (Å²) >= 11 is 1.60. The van der Waals surface area contributed by atoms with Crippen LogP contribution >= 0.6 is 11.3 Å². The zero-order chi connectivity index (χ0) is 13.0. The quantitative estimate of drug-likeness (QED) is 0.901. The van der Waals surface area contributed by atoms with Crippen molar-refractivity contribution >= 4 is 16.5 Å². The van der Waals surface area contributed by atoms with Crippen molar-refractivity contribution in [2.75, 3.05) is 19.5 Å². The van der Waals surface area contributed by atoms with Gasteiger partial charge in [0.05, 0.1) is 19.9 Å². The number of benzene rings is 1. The minimum absolute atomic E-state index is 0.681. The lowest BCUT2D eigenvalue weighted by atomic mass is 10.2. The Hall–Kier alpha value is -1.75. The van der Waals surface area contributed by atoms with Crippen LogP contribution in [0.5, 0.6) is 11.5 Å². The number of hydrogen-bond acceptors (Lipinski definition) is 5. The minimum atomic E-state index is 0.681. The summed E-state index contributed by atoms with van der Waals surface area (Å²) in [5.74, 6) is 1.61. The van der Waals surface area contributed by atoms with Crippen molar-refractivity contribution in [2.24, 2.45) is 0 Å². The van der Waals surface area contributed by atoms with Gasteiger partial charge < -0.3 is 14.8 Å². The standard InChI is InChI=1S/C13H16N2O2S/c1-9-8-18-13(15-9)14-7-10-4-5-11(16-2)6-12(10)17-3/h4-6,8H,7H2,1-3H3,(H,14,15). The molecule has 0 aliphatic carbocycles. The number of nitrogens with zero attached hydrogens (tertiary/aromatic N) is 1. The van der Waals surface area contributed by atoms with E-state index in [0.29, 0.717) is 6.54 Å². The van der Waals surface area contributed by atoms with Crippen LogP contribution in [0.3, 0.4) is 0 Å². The summed E-state index contributed by atoms with van der Waals surface area (Å²) in [5.41, 5.74) is 2.11. The van der Waals surface area contributed by atoms with Crippen molar-refractivity contribution in [3.05, 3.63) is 34.8 Å². The van der Waals surface area contributed by atoms with E-state index in [9.17, 15) is 0 Å². The predicted octanol–water partition coefficient (Wildman–Crippen LogP) is 3.08. The number of hydrogen-bond donors (Lipinski definition) is 1. The second-order valence-electron chi connectivity index (χ2n) is 3.83. The smallest absolute Gasteiger partial charge is 0.183 e. The van der Waals surface area contributed by atoms with Crippen LogP contribution in [0.15, 0.2) is 23.6 Å². The van der Waals surface area contributed by atoms with E-state index in [-0.39, 0.29) is 0 Å². The van der Waals surface area contributed by atoms with Crippen LogP contribution in [-0.4, -0.2) is 19.2 Å². The molecule has 4 nitrogen and oxygen atoms in total. The first-order valence-corrected chi connectivity index (χ1v) is 6.48. The molecule has 96 valence electrons. The van der Waals surface area contributed by atoms with Crippen LogP contribution in [0.2, 0.25) is 0 Å². The zero-order valence-corrected chi connectivity index (χ0v) is 11.5. The van der Waals surface area contributed by atoms with Crippen LogP contribution in [0.25, 0.3) is 0 Å². The Labute approximate surface area is 111 Å². The normalized spacial score (nSPS) is 10.2. The molecule has 18 heavy (non-hydrogen) atoms. The Morgan fingerprint density at radius 3 is 2.72 bits per heavy atom. The van der Waals surface area contributed by atoms with Crippen molar-refractivity contribution in [3.8, 4) is 11.5 Å². The molecular formula is C13H16N2O2S.